The Kier molecular flexibility index (Phi) is 2.24. The van der Waals surface area contributed by atoms with Crippen molar-refractivity contribution in [1.82, 2.24) is 5.32 Å². The molecule has 0 radical (unpaired) electrons. The van der Waals surface area contributed by atoms with Crippen molar-refractivity contribution < 1.29 is 4.39 Å². The molecule has 0 spiro atoms. The molecule has 1 nitrogen and oxygen atoms in total. The summed E-state index contributed by atoms with van der Waals surface area (Å²) in [6, 6.07) is 8.10. The Morgan fingerprint density at radius 3 is 2.40 bits per heavy atom. The van der Waals surface area contributed by atoms with Crippen LogP contribution in [0, 0.1) is 11.7 Å². The third kappa shape index (κ3) is 1.91. The molecule has 1 aromatic carbocycles. The van der Waals surface area contributed by atoms with Gasteiger partial charge in [0.2, 0.25) is 0 Å². The topological polar surface area (TPSA) is 12.0 Å². The molecule has 1 aromatic rings. The molecule has 0 bridgehead atoms. The van der Waals surface area contributed by atoms with E-state index in [0.29, 0.717) is 6.04 Å². The van der Waals surface area contributed by atoms with Gasteiger partial charge in [0.25, 0.3) is 0 Å². The molecule has 1 saturated carbocycles. The van der Waals surface area contributed by atoms with Gasteiger partial charge in [-0.1, -0.05) is 12.1 Å². The lowest BCUT2D eigenvalue weighted by Gasteiger charge is -2.13. The molecule has 2 aliphatic rings. The van der Waals surface area contributed by atoms with E-state index in [2.05, 4.69) is 5.32 Å². The van der Waals surface area contributed by atoms with Gasteiger partial charge in [-0.25, -0.2) is 4.39 Å². The van der Waals surface area contributed by atoms with Gasteiger partial charge >= 0.3 is 0 Å². The molecule has 1 aliphatic carbocycles. The summed E-state index contributed by atoms with van der Waals surface area (Å²) in [5, 5.41) is 3.67. The number of hydrogen-bond acceptors (Lipinski definition) is 1. The Balaban J connectivity index is 1.70. The summed E-state index contributed by atoms with van der Waals surface area (Å²) in [7, 11) is 0. The van der Waals surface area contributed by atoms with Crippen LogP contribution in [0.15, 0.2) is 24.3 Å². The second-order valence-electron chi connectivity index (χ2n) is 4.79. The highest BCUT2D eigenvalue weighted by Gasteiger charge is 2.36. The molecule has 0 aromatic heterocycles. The first-order valence-corrected chi connectivity index (χ1v) is 5.84. The summed E-state index contributed by atoms with van der Waals surface area (Å²) in [6.45, 7) is 0. The molecular weight excluding hydrogens is 189 g/mol. The van der Waals surface area contributed by atoms with Crippen molar-refractivity contribution in [3.8, 4) is 0 Å². The molecule has 1 aliphatic heterocycles. The van der Waals surface area contributed by atoms with E-state index in [9.17, 15) is 4.39 Å². The van der Waals surface area contributed by atoms with Crippen molar-refractivity contribution in [3.05, 3.63) is 35.6 Å². The first kappa shape index (κ1) is 9.34. The molecule has 1 saturated heterocycles. The molecule has 2 atom stereocenters. The average molecular weight is 205 g/mol. The molecule has 1 unspecified atom stereocenters. The van der Waals surface area contributed by atoms with Crippen molar-refractivity contribution in [1.29, 1.82) is 0 Å². The summed E-state index contributed by atoms with van der Waals surface area (Å²) < 4.78 is 12.8. The van der Waals surface area contributed by atoms with Crippen LogP contribution in [0.3, 0.4) is 0 Å². The van der Waals surface area contributed by atoms with Crippen molar-refractivity contribution in [2.75, 3.05) is 0 Å². The fourth-order valence-electron chi connectivity index (χ4n) is 2.60. The molecule has 15 heavy (non-hydrogen) atoms. The normalized spacial score (nSPS) is 30.7. The van der Waals surface area contributed by atoms with E-state index >= 15 is 0 Å². The third-order valence-corrected chi connectivity index (χ3v) is 3.65. The van der Waals surface area contributed by atoms with Gasteiger partial charge < -0.3 is 5.32 Å². The standard InChI is InChI=1S/C13H16FN/c14-11-5-3-10(4-6-11)13-8-7-12(15-13)9-1-2-9/h3-6,9,12-13,15H,1-2,7-8H2/t12?,13-/m0/s1. The lowest BCUT2D eigenvalue weighted by Crippen LogP contribution is -2.25. The third-order valence-electron chi connectivity index (χ3n) is 3.65. The quantitative estimate of drug-likeness (QED) is 0.782. The van der Waals surface area contributed by atoms with Gasteiger partial charge in [0.05, 0.1) is 0 Å². The van der Waals surface area contributed by atoms with E-state index in [1.165, 1.54) is 31.2 Å². The lowest BCUT2D eigenvalue weighted by atomic mass is 10.1. The highest BCUT2D eigenvalue weighted by atomic mass is 19.1. The first-order chi connectivity index (χ1) is 7.33. The van der Waals surface area contributed by atoms with Crippen molar-refractivity contribution >= 4 is 0 Å². The van der Waals surface area contributed by atoms with Crippen LogP contribution in [-0.2, 0) is 0 Å². The van der Waals surface area contributed by atoms with Crippen LogP contribution in [0.2, 0.25) is 0 Å². The van der Waals surface area contributed by atoms with Crippen LogP contribution >= 0.6 is 0 Å². The maximum absolute atomic E-state index is 12.8. The van der Waals surface area contributed by atoms with E-state index in [4.69, 9.17) is 0 Å². The van der Waals surface area contributed by atoms with Gasteiger partial charge in [-0.2, -0.15) is 0 Å². The zero-order valence-corrected chi connectivity index (χ0v) is 8.75. The maximum atomic E-state index is 12.8. The Labute approximate surface area is 89.7 Å². The Bertz CT molecular complexity index is 342. The molecule has 1 heterocycles. The van der Waals surface area contributed by atoms with Gasteiger partial charge in [-0.3, -0.25) is 0 Å². The van der Waals surface area contributed by atoms with Gasteiger partial charge in [0.15, 0.2) is 0 Å². The summed E-state index contributed by atoms with van der Waals surface area (Å²) >= 11 is 0. The van der Waals surface area contributed by atoms with Gasteiger partial charge in [0.1, 0.15) is 5.82 Å². The molecule has 2 heteroatoms. The summed E-state index contributed by atoms with van der Waals surface area (Å²) in [4.78, 5) is 0. The molecule has 2 fully saturated rings. The second kappa shape index (κ2) is 3.60. The van der Waals surface area contributed by atoms with E-state index in [1.54, 1.807) is 12.1 Å². The lowest BCUT2D eigenvalue weighted by molar-refractivity contribution is 0.503. The number of hydrogen-bond donors (Lipinski definition) is 1. The monoisotopic (exact) mass is 205 g/mol. The molecule has 80 valence electrons. The minimum Gasteiger partial charge on any atom is -0.307 e. The summed E-state index contributed by atoms with van der Waals surface area (Å²) in [6.07, 6.45) is 5.28. The highest BCUT2D eigenvalue weighted by molar-refractivity contribution is 5.21. The number of halogens is 1. The molecular formula is C13H16FN. The fraction of sp³-hybridized carbons (Fsp3) is 0.538. The maximum Gasteiger partial charge on any atom is 0.123 e. The van der Waals surface area contributed by atoms with Gasteiger partial charge in [0, 0.05) is 12.1 Å². The Morgan fingerprint density at radius 1 is 1.00 bits per heavy atom. The average Bonchev–Trinajstić information content (AvgIpc) is 2.99. The van der Waals surface area contributed by atoms with Crippen LogP contribution in [-0.4, -0.2) is 6.04 Å². The zero-order valence-electron chi connectivity index (χ0n) is 8.75. The van der Waals surface area contributed by atoms with Crippen LogP contribution in [0.25, 0.3) is 0 Å². The Morgan fingerprint density at radius 2 is 1.73 bits per heavy atom. The molecule has 3 rings (SSSR count). The van der Waals surface area contributed by atoms with Gasteiger partial charge in [-0.15, -0.1) is 0 Å². The Hall–Kier alpha value is -0.890. The number of nitrogens with one attached hydrogen (secondary N) is 1. The first-order valence-electron chi connectivity index (χ1n) is 5.84. The van der Waals surface area contributed by atoms with Crippen LogP contribution < -0.4 is 5.32 Å². The predicted octanol–water partition coefficient (Wildman–Crippen LogP) is 3.03. The van der Waals surface area contributed by atoms with E-state index in [1.807, 2.05) is 12.1 Å². The van der Waals surface area contributed by atoms with E-state index in [-0.39, 0.29) is 5.82 Å². The molecule has 0 amide bonds. The summed E-state index contributed by atoms with van der Waals surface area (Å²) in [5.41, 5.74) is 1.24. The van der Waals surface area contributed by atoms with E-state index < -0.39 is 0 Å². The number of rotatable bonds is 2. The van der Waals surface area contributed by atoms with Crippen LogP contribution in [0.5, 0.6) is 0 Å². The fourth-order valence-corrected chi connectivity index (χ4v) is 2.60. The summed E-state index contributed by atoms with van der Waals surface area (Å²) in [5.74, 6) is 0.783. The SMILES string of the molecule is Fc1ccc([C@@H]2CCC(C3CC3)N2)cc1. The minimum absolute atomic E-state index is 0.143. The van der Waals surface area contributed by atoms with E-state index in [0.717, 1.165) is 12.0 Å². The van der Waals surface area contributed by atoms with Crippen molar-refractivity contribution in [2.24, 2.45) is 5.92 Å². The van der Waals surface area contributed by atoms with Crippen LogP contribution in [0.1, 0.15) is 37.3 Å². The van der Waals surface area contributed by atoms with Crippen LogP contribution in [0.4, 0.5) is 4.39 Å². The smallest absolute Gasteiger partial charge is 0.123 e. The molecule has 1 N–H and O–H groups in total. The van der Waals surface area contributed by atoms with Gasteiger partial charge in [-0.05, 0) is 49.3 Å². The predicted molar refractivity (Wildman–Crippen MR) is 58.0 cm³/mol. The highest BCUT2D eigenvalue weighted by Crippen LogP contribution is 2.40. The number of benzene rings is 1. The zero-order chi connectivity index (χ0) is 10.3. The minimum atomic E-state index is -0.143. The van der Waals surface area contributed by atoms with Crippen molar-refractivity contribution in [3.63, 3.8) is 0 Å². The second-order valence-corrected chi connectivity index (χ2v) is 4.79. The van der Waals surface area contributed by atoms with Crippen molar-refractivity contribution in [2.45, 2.75) is 37.8 Å². The largest absolute Gasteiger partial charge is 0.307 e.